The Morgan fingerprint density at radius 3 is 2.53 bits per heavy atom. The largest absolute Gasteiger partial charge is 0.434 e. The van der Waals surface area contributed by atoms with E-state index in [2.05, 4.69) is 25.4 Å². The van der Waals surface area contributed by atoms with Crippen molar-refractivity contribution in [3.05, 3.63) is 59.6 Å². The molecule has 3 aromatic heterocycles. The van der Waals surface area contributed by atoms with Crippen molar-refractivity contribution >= 4 is 5.91 Å². The van der Waals surface area contributed by atoms with E-state index in [9.17, 15) is 31.1 Å². The Balaban J connectivity index is 1.59. The van der Waals surface area contributed by atoms with Crippen LogP contribution in [0.5, 0.6) is 0 Å². The zero-order valence-corrected chi connectivity index (χ0v) is 16.1. The molecule has 0 unspecified atom stereocenters. The number of rotatable bonds is 3. The molecule has 4 heterocycles. The van der Waals surface area contributed by atoms with Gasteiger partial charge in [-0.05, 0) is 31.0 Å². The highest BCUT2D eigenvalue weighted by atomic mass is 19.4. The van der Waals surface area contributed by atoms with Crippen LogP contribution in [0.15, 0.2) is 36.8 Å². The summed E-state index contributed by atoms with van der Waals surface area (Å²) in [6.07, 6.45) is -5.83. The van der Waals surface area contributed by atoms with Crippen molar-refractivity contribution in [2.45, 2.75) is 37.8 Å². The summed E-state index contributed by atoms with van der Waals surface area (Å²) in [6.45, 7) is 0.474. The van der Waals surface area contributed by atoms with E-state index in [1.807, 2.05) is 0 Å². The minimum Gasteiger partial charge on any atom is -0.342 e. The number of carbonyl (C=O) groups is 1. The number of alkyl halides is 6. The van der Waals surface area contributed by atoms with Crippen molar-refractivity contribution in [2.75, 3.05) is 0 Å². The Hall–Kier alpha value is -3.51. The molecule has 1 aliphatic rings. The molecule has 0 saturated heterocycles. The van der Waals surface area contributed by atoms with E-state index in [0.717, 1.165) is 18.5 Å². The number of pyridine rings is 1. The predicted molar refractivity (Wildman–Crippen MR) is 96.9 cm³/mol. The van der Waals surface area contributed by atoms with Gasteiger partial charge in [0.05, 0.1) is 29.8 Å². The van der Waals surface area contributed by atoms with E-state index in [-0.39, 0.29) is 11.3 Å². The van der Waals surface area contributed by atoms with Crippen LogP contribution >= 0.6 is 0 Å². The summed E-state index contributed by atoms with van der Waals surface area (Å²) in [7, 11) is 0. The number of aromatic nitrogens is 5. The van der Waals surface area contributed by atoms with Crippen LogP contribution in [0.4, 0.5) is 26.3 Å². The second kappa shape index (κ2) is 7.88. The highest BCUT2D eigenvalue weighted by molar-refractivity contribution is 5.92. The van der Waals surface area contributed by atoms with Gasteiger partial charge in [-0.3, -0.25) is 19.4 Å². The molecule has 0 spiro atoms. The molecule has 13 heteroatoms. The van der Waals surface area contributed by atoms with Gasteiger partial charge < -0.3 is 5.32 Å². The predicted octanol–water partition coefficient (Wildman–Crippen LogP) is 4.04. The van der Waals surface area contributed by atoms with E-state index < -0.39 is 41.4 Å². The van der Waals surface area contributed by atoms with Crippen molar-refractivity contribution in [1.82, 2.24) is 30.0 Å². The van der Waals surface area contributed by atoms with Crippen LogP contribution in [-0.2, 0) is 18.9 Å². The molecule has 4 rings (SSSR count). The third kappa shape index (κ3) is 4.41. The van der Waals surface area contributed by atoms with Gasteiger partial charge in [0.1, 0.15) is 11.4 Å². The van der Waals surface area contributed by atoms with Crippen molar-refractivity contribution < 1.29 is 31.1 Å². The molecular formula is C19H14F6N6O. The second-order valence-electron chi connectivity index (χ2n) is 7.06. The van der Waals surface area contributed by atoms with E-state index in [1.54, 1.807) is 4.68 Å². The molecule has 0 saturated carbocycles. The highest BCUT2D eigenvalue weighted by Crippen LogP contribution is 2.33. The van der Waals surface area contributed by atoms with Crippen LogP contribution in [0.2, 0.25) is 0 Å². The van der Waals surface area contributed by atoms with Gasteiger partial charge in [0, 0.05) is 18.3 Å². The highest BCUT2D eigenvalue weighted by Gasteiger charge is 2.35. The lowest BCUT2D eigenvalue weighted by molar-refractivity contribution is -0.142. The third-order valence-corrected chi connectivity index (χ3v) is 4.84. The van der Waals surface area contributed by atoms with Gasteiger partial charge in [0.2, 0.25) is 0 Å². The van der Waals surface area contributed by atoms with Gasteiger partial charge in [-0.15, -0.1) is 0 Å². The molecule has 0 bridgehead atoms. The first-order valence-electron chi connectivity index (χ1n) is 9.34. The van der Waals surface area contributed by atoms with E-state index in [1.165, 1.54) is 12.1 Å². The van der Waals surface area contributed by atoms with Crippen LogP contribution in [-0.4, -0.2) is 30.6 Å². The first kappa shape index (κ1) is 21.7. The zero-order chi connectivity index (χ0) is 23.1. The molecular weight excluding hydrogens is 442 g/mol. The van der Waals surface area contributed by atoms with Crippen LogP contribution in [0, 0.1) is 0 Å². The number of carbonyl (C=O) groups excluding carboxylic acids is 1. The molecule has 1 atom stereocenters. The molecule has 0 aromatic carbocycles. The first-order chi connectivity index (χ1) is 15.0. The molecule has 0 radical (unpaired) electrons. The van der Waals surface area contributed by atoms with E-state index >= 15 is 0 Å². The van der Waals surface area contributed by atoms with Crippen LogP contribution in [0.1, 0.15) is 46.5 Å². The minimum atomic E-state index is -4.75. The lowest BCUT2D eigenvalue weighted by Gasteiger charge is -2.24. The van der Waals surface area contributed by atoms with E-state index in [4.69, 9.17) is 0 Å². The first-order valence-corrected chi connectivity index (χ1v) is 9.34. The van der Waals surface area contributed by atoms with E-state index in [0.29, 0.717) is 31.3 Å². The number of amides is 1. The lowest BCUT2D eigenvalue weighted by Crippen LogP contribution is -2.33. The van der Waals surface area contributed by atoms with Crippen LogP contribution < -0.4 is 5.32 Å². The molecule has 0 aliphatic carbocycles. The number of hydrogen-bond donors (Lipinski definition) is 1. The average molecular weight is 456 g/mol. The molecule has 1 amide bonds. The fourth-order valence-corrected chi connectivity index (χ4v) is 3.36. The van der Waals surface area contributed by atoms with Gasteiger partial charge in [-0.1, -0.05) is 0 Å². The SMILES string of the molecule is O=C(N[C@H]1CCCn2nc(-c3ccnc(C(F)(F)F)c3)cc21)c1cncc(C(F)(F)F)n1. The summed E-state index contributed by atoms with van der Waals surface area (Å²) < 4.78 is 78.9. The Morgan fingerprint density at radius 2 is 1.81 bits per heavy atom. The molecule has 1 N–H and O–H groups in total. The average Bonchev–Trinajstić information content (AvgIpc) is 3.18. The fraction of sp³-hybridized carbons (Fsp3) is 0.316. The molecule has 3 aromatic rings. The summed E-state index contributed by atoms with van der Waals surface area (Å²) in [6, 6.07) is 3.19. The Morgan fingerprint density at radius 1 is 1.06 bits per heavy atom. The van der Waals surface area contributed by atoms with Gasteiger partial charge in [0.25, 0.3) is 5.91 Å². The second-order valence-corrected chi connectivity index (χ2v) is 7.06. The topological polar surface area (TPSA) is 85.6 Å². The van der Waals surface area contributed by atoms with Crippen molar-refractivity contribution in [3.63, 3.8) is 0 Å². The van der Waals surface area contributed by atoms with Crippen molar-refractivity contribution in [3.8, 4) is 11.3 Å². The van der Waals surface area contributed by atoms with Crippen LogP contribution in [0.25, 0.3) is 11.3 Å². The van der Waals surface area contributed by atoms with Gasteiger partial charge in [-0.2, -0.15) is 31.4 Å². The summed E-state index contributed by atoms with van der Waals surface area (Å²) >= 11 is 0. The standard InChI is InChI=1S/C19H14F6N6O/c20-18(21,22)15-6-10(3-4-27-15)12-7-14-11(2-1-5-31(14)30-12)29-17(32)13-8-26-9-16(28-13)19(23,24)25/h3-4,6-9,11H,1-2,5H2,(H,29,32)/t11-/m0/s1. The summed E-state index contributed by atoms with van der Waals surface area (Å²) in [5, 5.41) is 6.92. The molecule has 0 fully saturated rings. The summed E-state index contributed by atoms with van der Waals surface area (Å²) in [5.74, 6) is -0.854. The normalized spacial score (nSPS) is 16.5. The number of nitrogens with zero attached hydrogens (tertiary/aromatic N) is 5. The van der Waals surface area contributed by atoms with Crippen molar-refractivity contribution in [1.29, 1.82) is 0 Å². The molecule has 32 heavy (non-hydrogen) atoms. The Bertz CT molecular complexity index is 1160. The minimum absolute atomic E-state index is 0.197. The van der Waals surface area contributed by atoms with Gasteiger partial charge in [-0.25, -0.2) is 4.98 Å². The zero-order valence-electron chi connectivity index (χ0n) is 16.1. The lowest BCUT2D eigenvalue weighted by atomic mass is 10.0. The number of halogens is 6. The van der Waals surface area contributed by atoms with Gasteiger partial charge in [0.15, 0.2) is 5.69 Å². The molecule has 168 valence electrons. The van der Waals surface area contributed by atoms with Crippen molar-refractivity contribution in [2.24, 2.45) is 0 Å². The quantitative estimate of drug-likeness (QED) is 0.602. The summed E-state index contributed by atoms with van der Waals surface area (Å²) in [5.41, 5.74) is -1.88. The number of hydrogen-bond acceptors (Lipinski definition) is 5. The van der Waals surface area contributed by atoms with Crippen LogP contribution in [0.3, 0.4) is 0 Å². The smallest absolute Gasteiger partial charge is 0.342 e. The maximum Gasteiger partial charge on any atom is 0.434 e. The molecule has 7 nitrogen and oxygen atoms in total. The molecule has 1 aliphatic heterocycles. The number of nitrogens with one attached hydrogen (secondary N) is 1. The Kier molecular flexibility index (Phi) is 5.34. The number of aryl methyl sites for hydroxylation is 1. The maximum atomic E-state index is 13.0. The monoisotopic (exact) mass is 456 g/mol. The summed E-state index contributed by atoms with van der Waals surface area (Å²) in [4.78, 5) is 22.5. The Labute approximate surface area is 176 Å². The van der Waals surface area contributed by atoms with Gasteiger partial charge >= 0.3 is 12.4 Å². The fourth-order valence-electron chi connectivity index (χ4n) is 3.36. The number of fused-ring (bicyclic) bond motifs is 1. The maximum absolute atomic E-state index is 13.0. The third-order valence-electron chi connectivity index (χ3n) is 4.84.